The lowest BCUT2D eigenvalue weighted by molar-refractivity contribution is 0.116. The highest BCUT2D eigenvalue weighted by Crippen LogP contribution is 2.25. The molecule has 3 rings (SSSR count). The van der Waals surface area contributed by atoms with E-state index in [9.17, 15) is 13.0 Å². The molecule has 10 heteroatoms. The summed E-state index contributed by atoms with van der Waals surface area (Å²) in [6, 6.07) is 10.8. The number of hydrogen-bond donors (Lipinski definition) is 0. The molecule has 26 heavy (non-hydrogen) atoms. The first-order valence-electron chi connectivity index (χ1n) is 7.37. The quantitative estimate of drug-likeness (QED) is 0.573. The topological polar surface area (TPSA) is 72.1 Å². The molecular formula is C16H13BrF2N4O2S. The van der Waals surface area contributed by atoms with E-state index in [1.165, 1.54) is 6.20 Å². The molecule has 3 aromatic rings. The summed E-state index contributed by atoms with van der Waals surface area (Å²) in [6.45, 7) is 0.311. The number of benzene rings is 1. The second kappa shape index (κ2) is 8.00. The second-order valence-electron chi connectivity index (χ2n) is 5.22. The highest BCUT2D eigenvalue weighted by atomic mass is 79.9. The largest absolute Gasteiger partial charge is 0.415 e. The zero-order chi connectivity index (χ0) is 18.7. The Morgan fingerprint density at radius 1 is 1.27 bits per heavy atom. The average Bonchev–Trinajstić information content (AvgIpc) is 3.10. The summed E-state index contributed by atoms with van der Waals surface area (Å²) in [5, 5.41) is 6.87. The number of anilines is 1. The fourth-order valence-corrected chi connectivity index (χ4v) is 3.30. The van der Waals surface area contributed by atoms with Gasteiger partial charge in [-0.2, -0.15) is 8.78 Å². The van der Waals surface area contributed by atoms with Crippen molar-refractivity contribution in [1.29, 1.82) is 0 Å². The minimum Gasteiger partial charge on any atom is -0.415 e. The van der Waals surface area contributed by atoms with Crippen LogP contribution >= 0.6 is 15.9 Å². The number of halogens is 3. The fraction of sp³-hybridized carbons (Fsp3) is 0.188. The zero-order valence-corrected chi connectivity index (χ0v) is 15.9. The normalized spacial score (nSPS) is 12.3. The van der Waals surface area contributed by atoms with Crippen LogP contribution in [-0.4, -0.2) is 25.6 Å². The van der Waals surface area contributed by atoms with Gasteiger partial charge in [0.2, 0.25) is 5.89 Å². The lowest BCUT2D eigenvalue weighted by Gasteiger charge is -2.21. The van der Waals surface area contributed by atoms with Crippen LogP contribution in [0.1, 0.15) is 18.0 Å². The molecule has 1 unspecified atom stereocenters. The fourth-order valence-electron chi connectivity index (χ4n) is 2.19. The number of pyridine rings is 1. The van der Waals surface area contributed by atoms with Crippen LogP contribution in [0.3, 0.4) is 0 Å². The van der Waals surface area contributed by atoms with Gasteiger partial charge in [-0.25, -0.2) is 4.21 Å². The van der Waals surface area contributed by atoms with Crippen LogP contribution in [0.5, 0.6) is 0 Å². The van der Waals surface area contributed by atoms with Crippen LogP contribution in [0.4, 0.5) is 14.5 Å². The molecule has 0 aliphatic carbocycles. The third-order valence-electron chi connectivity index (χ3n) is 3.41. The highest BCUT2D eigenvalue weighted by molar-refractivity contribution is 9.10. The minimum absolute atomic E-state index is 0.0257. The van der Waals surface area contributed by atoms with E-state index in [1.807, 2.05) is 24.3 Å². The van der Waals surface area contributed by atoms with Crippen molar-refractivity contribution in [3.8, 4) is 11.5 Å². The highest BCUT2D eigenvalue weighted by Gasteiger charge is 2.17. The third-order valence-corrected chi connectivity index (χ3v) is 4.87. The zero-order valence-electron chi connectivity index (χ0n) is 13.5. The van der Waals surface area contributed by atoms with E-state index in [0.29, 0.717) is 17.8 Å². The van der Waals surface area contributed by atoms with Crippen LogP contribution < -0.4 is 4.31 Å². The van der Waals surface area contributed by atoms with Crippen molar-refractivity contribution in [1.82, 2.24) is 15.2 Å². The van der Waals surface area contributed by atoms with Crippen molar-refractivity contribution in [3.63, 3.8) is 0 Å². The second-order valence-corrected chi connectivity index (χ2v) is 7.43. The van der Waals surface area contributed by atoms with Crippen molar-refractivity contribution < 1.29 is 17.4 Å². The van der Waals surface area contributed by atoms with Gasteiger partial charge in [-0.3, -0.25) is 9.29 Å². The van der Waals surface area contributed by atoms with Crippen molar-refractivity contribution in [2.24, 2.45) is 0 Å². The number of alkyl halides is 2. The molecule has 0 N–H and O–H groups in total. The van der Waals surface area contributed by atoms with E-state index < -0.39 is 23.3 Å². The Kier molecular flexibility index (Phi) is 5.72. The van der Waals surface area contributed by atoms with Gasteiger partial charge < -0.3 is 4.42 Å². The predicted molar refractivity (Wildman–Crippen MR) is 96.9 cm³/mol. The number of rotatable bonds is 6. The molecule has 1 atom stereocenters. The molecule has 0 spiro atoms. The Bertz CT molecular complexity index is 921. The number of nitrogens with zero attached hydrogens (tertiary/aromatic N) is 4. The van der Waals surface area contributed by atoms with Gasteiger partial charge in [0.15, 0.2) is 0 Å². The SMILES string of the molecule is CS(=O)N(Cc1ccc(-c2nnc(C(F)F)o2)cn1)c1cccc(Br)c1. The molecule has 0 aliphatic heterocycles. The lowest BCUT2D eigenvalue weighted by Crippen LogP contribution is -2.24. The number of aromatic nitrogens is 3. The third kappa shape index (κ3) is 4.31. The summed E-state index contributed by atoms with van der Waals surface area (Å²) < 4.78 is 44.6. The molecule has 0 fully saturated rings. The Morgan fingerprint density at radius 3 is 2.65 bits per heavy atom. The maximum Gasteiger partial charge on any atom is 0.314 e. The minimum atomic E-state index is -2.82. The predicted octanol–water partition coefficient (Wildman–Crippen LogP) is 4.13. The molecule has 6 nitrogen and oxygen atoms in total. The molecule has 0 saturated heterocycles. The molecule has 0 radical (unpaired) electrons. The van der Waals surface area contributed by atoms with Gasteiger partial charge >= 0.3 is 6.43 Å². The Morgan fingerprint density at radius 2 is 2.08 bits per heavy atom. The maximum absolute atomic E-state index is 12.5. The molecule has 2 heterocycles. The smallest absolute Gasteiger partial charge is 0.314 e. The number of hydrogen-bond acceptors (Lipinski definition) is 5. The maximum atomic E-state index is 12.5. The van der Waals surface area contributed by atoms with E-state index in [-0.39, 0.29) is 5.89 Å². The summed E-state index contributed by atoms with van der Waals surface area (Å²) in [7, 11) is -1.26. The van der Waals surface area contributed by atoms with E-state index in [2.05, 4.69) is 31.1 Å². The molecule has 0 amide bonds. The first-order valence-corrected chi connectivity index (χ1v) is 9.68. The lowest BCUT2D eigenvalue weighted by atomic mass is 10.2. The van der Waals surface area contributed by atoms with E-state index >= 15 is 0 Å². The first kappa shape index (κ1) is 18.6. The van der Waals surface area contributed by atoms with Gasteiger partial charge in [-0.15, -0.1) is 10.2 Å². The van der Waals surface area contributed by atoms with Crippen LogP contribution in [0.25, 0.3) is 11.5 Å². The molecule has 0 bridgehead atoms. The molecule has 0 aliphatic rings. The molecule has 0 saturated carbocycles. The summed E-state index contributed by atoms with van der Waals surface area (Å²) in [5.41, 5.74) is 1.86. The van der Waals surface area contributed by atoms with Crippen LogP contribution in [0, 0.1) is 0 Å². The summed E-state index contributed by atoms with van der Waals surface area (Å²) in [6.07, 6.45) is 0.219. The van der Waals surface area contributed by atoms with Crippen molar-refractivity contribution in [2.45, 2.75) is 13.0 Å². The van der Waals surface area contributed by atoms with Gasteiger partial charge in [0.1, 0.15) is 11.0 Å². The van der Waals surface area contributed by atoms with Crippen molar-refractivity contribution in [3.05, 3.63) is 58.7 Å². The van der Waals surface area contributed by atoms with Gasteiger partial charge in [-0.1, -0.05) is 22.0 Å². The summed E-state index contributed by atoms with van der Waals surface area (Å²) in [4.78, 5) is 4.28. The Balaban J connectivity index is 1.79. The van der Waals surface area contributed by atoms with Gasteiger partial charge in [0.25, 0.3) is 5.89 Å². The summed E-state index contributed by atoms with van der Waals surface area (Å²) in [5.74, 6) is -0.756. The van der Waals surface area contributed by atoms with Crippen LogP contribution in [0.15, 0.2) is 51.5 Å². The van der Waals surface area contributed by atoms with E-state index in [0.717, 1.165) is 10.2 Å². The van der Waals surface area contributed by atoms with Crippen molar-refractivity contribution in [2.75, 3.05) is 10.6 Å². The first-order chi connectivity index (χ1) is 12.4. The molecule has 2 aromatic heterocycles. The van der Waals surface area contributed by atoms with E-state index in [4.69, 9.17) is 4.42 Å². The molecule has 1 aromatic carbocycles. The van der Waals surface area contributed by atoms with Crippen LogP contribution in [-0.2, 0) is 17.5 Å². The average molecular weight is 443 g/mol. The van der Waals surface area contributed by atoms with Gasteiger partial charge in [0.05, 0.1) is 23.5 Å². The van der Waals surface area contributed by atoms with Gasteiger partial charge in [0, 0.05) is 16.9 Å². The van der Waals surface area contributed by atoms with E-state index in [1.54, 1.807) is 22.7 Å². The standard InChI is InChI=1S/C16H13BrF2N4O2S/c1-26(24)23(13-4-2-3-11(17)7-13)9-12-6-5-10(8-20-12)15-21-22-16(25-15)14(18)19/h2-8,14H,9H2,1H3. The Hall–Kier alpha value is -2.20. The summed E-state index contributed by atoms with van der Waals surface area (Å²) >= 11 is 3.39. The van der Waals surface area contributed by atoms with Gasteiger partial charge in [-0.05, 0) is 30.3 Å². The Labute approximate surface area is 159 Å². The van der Waals surface area contributed by atoms with Crippen molar-refractivity contribution >= 4 is 32.6 Å². The molecular weight excluding hydrogens is 430 g/mol. The monoisotopic (exact) mass is 442 g/mol. The molecule has 136 valence electrons. The van der Waals surface area contributed by atoms with Crippen LogP contribution in [0.2, 0.25) is 0 Å².